The minimum absolute atomic E-state index is 0.226. The molecule has 84 valence electrons. The number of nitrogens with one attached hydrogen (secondary N) is 2. The number of carbonyl (C=O) groups is 2. The highest BCUT2D eigenvalue weighted by Gasteiger charge is 2.23. The number of rotatable bonds is 2. The molecule has 1 saturated heterocycles. The Kier molecular flexibility index (Phi) is 2.54. The molecule has 4 N–H and O–H groups in total. The van der Waals surface area contributed by atoms with Gasteiger partial charge in [0.2, 0.25) is 5.95 Å². The van der Waals surface area contributed by atoms with E-state index in [0.29, 0.717) is 24.7 Å². The van der Waals surface area contributed by atoms with Crippen LogP contribution in [0.1, 0.15) is 0 Å². The Labute approximate surface area is 90.8 Å². The lowest BCUT2D eigenvalue weighted by Crippen LogP contribution is -2.29. The lowest BCUT2D eigenvalue weighted by molar-refractivity contribution is 0.251. The highest BCUT2D eigenvalue weighted by Crippen LogP contribution is 2.11. The van der Waals surface area contributed by atoms with Gasteiger partial charge in [0.05, 0.1) is 18.1 Å². The summed E-state index contributed by atoms with van der Waals surface area (Å²) in [5, 5.41) is 4.96. The van der Waals surface area contributed by atoms with E-state index in [4.69, 9.17) is 5.73 Å². The van der Waals surface area contributed by atoms with Crippen molar-refractivity contribution in [1.82, 2.24) is 15.3 Å². The van der Waals surface area contributed by atoms with Crippen LogP contribution in [0, 0.1) is 0 Å². The van der Waals surface area contributed by atoms with E-state index < -0.39 is 6.03 Å². The number of hydrogen-bond donors (Lipinski definition) is 3. The first kappa shape index (κ1) is 10.1. The molecule has 0 atom stereocenters. The first-order chi connectivity index (χ1) is 7.66. The molecule has 8 nitrogen and oxygen atoms in total. The summed E-state index contributed by atoms with van der Waals surface area (Å²) >= 11 is 0. The van der Waals surface area contributed by atoms with Crippen LogP contribution in [0.4, 0.5) is 21.2 Å². The molecule has 1 aliphatic rings. The molecule has 1 aromatic heterocycles. The molecule has 0 bridgehead atoms. The number of carbonyl (C=O) groups excluding carboxylic acids is 2. The van der Waals surface area contributed by atoms with E-state index >= 15 is 0 Å². The summed E-state index contributed by atoms with van der Waals surface area (Å²) in [6.07, 6.45) is 2.78. The Morgan fingerprint density at radius 3 is 2.69 bits per heavy atom. The third-order valence-corrected chi connectivity index (χ3v) is 2.00. The number of aromatic nitrogens is 2. The largest absolute Gasteiger partial charge is 0.351 e. The Morgan fingerprint density at radius 2 is 2.19 bits per heavy atom. The molecule has 0 aromatic carbocycles. The number of hydrogen-bond acceptors (Lipinski definition) is 4. The second-order valence-corrected chi connectivity index (χ2v) is 3.14. The van der Waals surface area contributed by atoms with Crippen molar-refractivity contribution in [2.75, 3.05) is 23.3 Å². The van der Waals surface area contributed by atoms with Gasteiger partial charge in [0, 0.05) is 13.1 Å². The second-order valence-electron chi connectivity index (χ2n) is 3.14. The maximum Gasteiger partial charge on any atom is 0.324 e. The van der Waals surface area contributed by atoms with Gasteiger partial charge < -0.3 is 16.4 Å². The summed E-state index contributed by atoms with van der Waals surface area (Å²) in [7, 11) is 0. The predicted octanol–water partition coefficient (Wildman–Crippen LogP) is -0.503. The predicted molar refractivity (Wildman–Crippen MR) is 56.0 cm³/mol. The SMILES string of the molecule is NC(=O)Nc1cnc(N2CCNC2=O)nc1. The molecule has 2 heterocycles. The molecule has 0 unspecified atom stereocenters. The van der Waals surface area contributed by atoms with Crippen molar-refractivity contribution in [1.29, 1.82) is 0 Å². The standard InChI is InChI=1S/C8H10N6O2/c9-6(15)13-5-3-11-7(12-4-5)14-2-1-10-8(14)16/h3-4H,1-2H2,(H,10,16)(H3,9,13,15). The molecular formula is C8H10N6O2. The molecule has 1 aromatic rings. The number of nitrogens with zero attached hydrogens (tertiary/aromatic N) is 3. The van der Waals surface area contributed by atoms with Crippen molar-refractivity contribution in [2.24, 2.45) is 5.73 Å². The van der Waals surface area contributed by atoms with E-state index in [-0.39, 0.29) is 6.03 Å². The number of amides is 4. The maximum atomic E-state index is 11.3. The second kappa shape index (κ2) is 4.01. The van der Waals surface area contributed by atoms with Crippen LogP contribution in [0.5, 0.6) is 0 Å². The fourth-order valence-electron chi connectivity index (χ4n) is 1.33. The molecule has 1 fully saturated rings. The van der Waals surface area contributed by atoms with Crippen LogP contribution in [0.3, 0.4) is 0 Å². The zero-order chi connectivity index (χ0) is 11.5. The molecule has 0 spiro atoms. The number of urea groups is 2. The van der Waals surface area contributed by atoms with Crippen molar-refractivity contribution in [3.8, 4) is 0 Å². The topological polar surface area (TPSA) is 113 Å². The first-order valence-electron chi connectivity index (χ1n) is 4.60. The fourth-order valence-corrected chi connectivity index (χ4v) is 1.33. The Morgan fingerprint density at radius 1 is 1.50 bits per heavy atom. The summed E-state index contributed by atoms with van der Waals surface area (Å²) in [6, 6.07) is -0.911. The van der Waals surface area contributed by atoms with E-state index in [9.17, 15) is 9.59 Å². The minimum Gasteiger partial charge on any atom is -0.351 e. The van der Waals surface area contributed by atoms with Gasteiger partial charge in [-0.1, -0.05) is 0 Å². The average Bonchev–Trinajstić information content (AvgIpc) is 2.65. The van der Waals surface area contributed by atoms with Crippen LogP contribution in [0.25, 0.3) is 0 Å². The van der Waals surface area contributed by atoms with Gasteiger partial charge in [-0.3, -0.25) is 4.90 Å². The summed E-state index contributed by atoms with van der Waals surface area (Å²) in [6.45, 7) is 1.10. The van der Waals surface area contributed by atoms with Crippen LogP contribution in [0.15, 0.2) is 12.4 Å². The highest BCUT2D eigenvalue weighted by molar-refractivity contribution is 5.92. The smallest absolute Gasteiger partial charge is 0.324 e. The lowest BCUT2D eigenvalue weighted by Gasteiger charge is -2.11. The van der Waals surface area contributed by atoms with E-state index in [1.807, 2.05) is 0 Å². The molecule has 4 amide bonds. The third kappa shape index (κ3) is 2.00. The Balaban J connectivity index is 2.12. The van der Waals surface area contributed by atoms with Gasteiger partial charge >= 0.3 is 12.1 Å². The van der Waals surface area contributed by atoms with Crippen LogP contribution in [0.2, 0.25) is 0 Å². The summed E-state index contributed by atoms with van der Waals surface area (Å²) in [4.78, 5) is 31.1. The molecule has 1 aliphatic heterocycles. The van der Waals surface area contributed by atoms with Gasteiger partial charge in [0.25, 0.3) is 0 Å². The molecule has 0 radical (unpaired) electrons. The highest BCUT2D eigenvalue weighted by atomic mass is 16.2. The van der Waals surface area contributed by atoms with Crippen molar-refractivity contribution in [3.63, 3.8) is 0 Å². The minimum atomic E-state index is -0.685. The molecule has 16 heavy (non-hydrogen) atoms. The Hall–Kier alpha value is -2.38. The zero-order valence-corrected chi connectivity index (χ0v) is 8.30. The lowest BCUT2D eigenvalue weighted by atomic mass is 10.5. The molecule has 8 heteroatoms. The van der Waals surface area contributed by atoms with Gasteiger partial charge in [0.15, 0.2) is 0 Å². The van der Waals surface area contributed by atoms with Crippen LogP contribution < -0.4 is 21.3 Å². The van der Waals surface area contributed by atoms with Gasteiger partial charge in [-0.15, -0.1) is 0 Å². The van der Waals surface area contributed by atoms with E-state index in [1.165, 1.54) is 17.3 Å². The number of anilines is 2. The third-order valence-electron chi connectivity index (χ3n) is 2.00. The molecule has 0 aliphatic carbocycles. The summed E-state index contributed by atoms with van der Waals surface area (Å²) in [5.41, 5.74) is 5.31. The Bertz CT molecular complexity index is 417. The van der Waals surface area contributed by atoms with Crippen LogP contribution in [-0.2, 0) is 0 Å². The number of primary amides is 1. The number of nitrogens with two attached hydrogens (primary N) is 1. The van der Waals surface area contributed by atoms with Crippen molar-refractivity contribution in [3.05, 3.63) is 12.4 Å². The van der Waals surface area contributed by atoms with Gasteiger partial charge in [-0.2, -0.15) is 0 Å². The van der Waals surface area contributed by atoms with E-state index in [1.54, 1.807) is 0 Å². The normalized spacial score (nSPS) is 14.8. The quantitative estimate of drug-likeness (QED) is 0.625. The van der Waals surface area contributed by atoms with Gasteiger partial charge in [-0.05, 0) is 0 Å². The van der Waals surface area contributed by atoms with Crippen molar-refractivity contribution >= 4 is 23.7 Å². The first-order valence-corrected chi connectivity index (χ1v) is 4.60. The average molecular weight is 222 g/mol. The monoisotopic (exact) mass is 222 g/mol. The maximum absolute atomic E-state index is 11.3. The van der Waals surface area contributed by atoms with E-state index in [0.717, 1.165) is 0 Å². The van der Waals surface area contributed by atoms with Crippen LogP contribution >= 0.6 is 0 Å². The van der Waals surface area contributed by atoms with Crippen molar-refractivity contribution < 1.29 is 9.59 Å². The summed E-state index contributed by atoms with van der Waals surface area (Å²) in [5.74, 6) is 0.296. The molecule has 2 rings (SSSR count). The van der Waals surface area contributed by atoms with Crippen LogP contribution in [-0.4, -0.2) is 35.1 Å². The van der Waals surface area contributed by atoms with E-state index in [2.05, 4.69) is 20.6 Å². The summed E-state index contributed by atoms with van der Waals surface area (Å²) < 4.78 is 0. The van der Waals surface area contributed by atoms with Gasteiger partial charge in [0.1, 0.15) is 0 Å². The molecule has 0 saturated carbocycles. The molecular weight excluding hydrogens is 212 g/mol. The van der Waals surface area contributed by atoms with Gasteiger partial charge in [-0.25, -0.2) is 19.6 Å². The van der Waals surface area contributed by atoms with Crippen molar-refractivity contribution in [2.45, 2.75) is 0 Å². The fraction of sp³-hybridized carbons (Fsp3) is 0.250. The zero-order valence-electron chi connectivity index (χ0n) is 8.30.